The van der Waals surface area contributed by atoms with Crippen LogP contribution in [0.15, 0.2) is 83.7 Å². The predicted molar refractivity (Wildman–Crippen MR) is 134 cm³/mol. The number of nitrogens with zero attached hydrogens (tertiary/aromatic N) is 2. The second kappa shape index (κ2) is 9.50. The summed E-state index contributed by atoms with van der Waals surface area (Å²) in [6, 6.07) is 22.8. The molecular formula is C28H23N3O5. The fraction of sp³-hybridized carbons (Fsp3) is 0.143. The largest absolute Gasteiger partial charge is 0.461 e. The minimum absolute atomic E-state index is 0.0201. The predicted octanol–water partition coefficient (Wildman–Crippen LogP) is 4.59. The number of para-hydroxylation sites is 2. The minimum Gasteiger partial charge on any atom is -0.461 e. The van der Waals surface area contributed by atoms with Gasteiger partial charge in [-0.05, 0) is 38.1 Å². The van der Waals surface area contributed by atoms with E-state index in [1.54, 1.807) is 31.2 Å². The van der Waals surface area contributed by atoms with Crippen molar-refractivity contribution in [2.75, 3.05) is 11.9 Å². The van der Waals surface area contributed by atoms with Crippen LogP contribution in [0, 0.1) is 6.92 Å². The van der Waals surface area contributed by atoms with E-state index in [2.05, 4.69) is 10.4 Å². The van der Waals surface area contributed by atoms with E-state index in [0.29, 0.717) is 28.3 Å². The highest BCUT2D eigenvalue weighted by atomic mass is 16.5. The van der Waals surface area contributed by atoms with Crippen molar-refractivity contribution < 1.29 is 19.1 Å². The second-order valence-corrected chi connectivity index (χ2v) is 8.31. The smallest absolute Gasteiger partial charge is 0.360 e. The summed E-state index contributed by atoms with van der Waals surface area (Å²) in [7, 11) is 0. The molecule has 0 fully saturated rings. The minimum atomic E-state index is -0.749. The van der Waals surface area contributed by atoms with Gasteiger partial charge in [-0.1, -0.05) is 54.1 Å². The average Bonchev–Trinajstić information content (AvgIpc) is 2.88. The lowest BCUT2D eigenvalue weighted by Crippen LogP contribution is -2.30. The maximum absolute atomic E-state index is 13.7. The third kappa shape index (κ3) is 4.24. The van der Waals surface area contributed by atoms with Crippen molar-refractivity contribution in [1.29, 1.82) is 0 Å². The summed E-state index contributed by atoms with van der Waals surface area (Å²) in [5.41, 5.74) is 2.15. The van der Waals surface area contributed by atoms with Crippen LogP contribution in [0.3, 0.4) is 0 Å². The third-order valence-corrected chi connectivity index (χ3v) is 5.88. The Bertz CT molecular complexity index is 1480. The Morgan fingerprint density at radius 2 is 1.58 bits per heavy atom. The number of esters is 1. The maximum atomic E-state index is 13.7. The van der Waals surface area contributed by atoms with Crippen LogP contribution in [0.5, 0.6) is 11.5 Å². The Balaban J connectivity index is 1.57. The molecule has 0 aliphatic carbocycles. The van der Waals surface area contributed by atoms with E-state index in [1.165, 1.54) is 6.07 Å². The monoisotopic (exact) mass is 481 g/mol. The normalized spacial score (nSPS) is 12.2. The van der Waals surface area contributed by atoms with Gasteiger partial charge in [0.05, 0.1) is 23.9 Å². The molecule has 36 heavy (non-hydrogen) atoms. The van der Waals surface area contributed by atoms with E-state index in [1.807, 2.05) is 55.5 Å². The molecular weight excluding hydrogens is 458 g/mol. The lowest BCUT2D eigenvalue weighted by atomic mass is 9.87. The number of fused-ring (bicyclic) bond motifs is 2. The van der Waals surface area contributed by atoms with Gasteiger partial charge in [0.25, 0.3) is 5.56 Å². The molecule has 1 aromatic heterocycles. The van der Waals surface area contributed by atoms with Crippen LogP contribution in [-0.4, -0.2) is 28.3 Å². The van der Waals surface area contributed by atoms with Crippen molar-refractivity contribution in [3.05, 3.63) is 112 Å². The van der Waals surface area contributed by atoms with E-state index < -0.39 is 23.4 Å². The molecule has 0 saturated heterocycles. The Morgan fingerprint density at radius 1 is 0.972 bits per heavy atom. The highest BCUT2D eigenvalue weighted by Gasteiger charge is 2.33. The fourth-order valence-corrected chi connectivity index (χ4v) is 4.17. The molecule has 3 aromatic carbocycles. The number of nitrogens with one attached hydrogen (secondary N) is 1. The summed E-state index contributed by atoms with van der Waals surface area (Å²) in [4.78, 5) is 39.5. The number of hydrogen-bond acceptors (Lipinski definition) is 6. The van der Waals surface area contributed by atoms with Gasteiger partial charge >= 0.3 is 5.97 Å². The number of benzene rings is 3. The van der Waals surface area contributed by atoms with Gasteiger partial charge in [-0.25, -0.2) is 4.79 Å². The van der Waals surface area contributed by atoms with Gasteiger partial charge in [0.1, 0.15) is 11.5 Å². The molecule has 5 rings (SSSR count). The molecule has 0 unspecified atom stereocenters. The first-order chi connectivity index (χ1) is 17.5. The van der Waals surface area contributed by atoms with Gasteiger partial charge < -0.3 is 14.8 Å². The van der Waals surface area contributed by atoms with Crippen molar-refractivity contribution >= 4 is 17.6 Å². The molecule has 1 amide bonds. The van der Waals surface area contributed by atoms with Gasteiger partial charge in [-0.3, -0.25) is 9.59 Å². The summed E-state index contributed by atoms with van der Waals surface area (Å²) in [5, 5.41) is 7.03. The van der Waals surface area contributed by atoms with Crippen LogP contribution in [0.4, 0.5) is 5.69 Å². The number of carbonyl (C=O) groups is 2. The second-order valence-electron chi connectivity index (χ2n) is 8.31. The number of rotatable bonds is 5. The van der Waals surface area contributed by atoms with Gasteiger partial charge in [-0.15, -0.1) is 0 Å². The zero-order valence-corrected chi connectivity index (χ0v) is 19.7. The molecule has 2 heterocycles. The topological polar surface area (TPSA) is 99.5 Å². The fourth-order valence-electron chi connectivity index (χ4n) is 4.17. The molecule has 0 bridgehead atoms. The van der Waals surface area contributed by atoms with Gasteiger partial charge in [0.15, 0.2) is 5.69 Å². The number of aromatic nitrogens is 2. The van der Waals surface area contributed by atoms with Gasteiger partial charge in [0.2, 0.25) is 5.91 Å². The zero-order chi connectivity index (χ0) is 25.2. The van der Waals surface area contributed by atoms with E-state index in [9.17, 15) is 14.4 Å². The molecule has 0 saturated carbocycles. The van der Waals surface area contributed by atoms with Crippen LogP contribution in [-0.2, 0) is 9.53 Å². The molecule has 8 nitrogen and oxygen atoms in total. The quantitative estimate of drug-likeness (QED) is 0.419. The molecule has 0 spiro atoms. The summed E-state index contributed by atoms with van der Waals surface area (Å²) < 4.78 is 12.3. The Hall–Kier alpha value is -4.72. The molecule has 180 valence electrons. The first kappa shape index (κ1) is 23.0. The van der Waals surface area contributed by atoms with Crippen LogP contribution in [0.2, 0.25) is 0 Å². The number of anilines is 1. The van der Waals surface area contributed by atoms with Crippen molar-refractivity contribution in [2.45, 2.75) is 19.8 Å². The van der Waals surface area contributed by atoms with Crippen molar-refractivity contribution in [1.82, 2.24) is 9.78 Å². The van der Waals surface area contributed by atoms with Gasteiger partial charge in [0, 0.05) is 17.2 Å². The van der Waals surface area contributed by atoms with Crippen LogP contribution in [0.1, 0.15) is 40.0 Å². The first-order valence-corrected chi connectivity index (χ1v) is 11.5. The zero-order valence-electron chi connectivity index (χ0n) is 19.7. The number of aryl methyl sites for hydroxylation is 1. The van der Waals surface area contributed by atoms with Crippen LogP contribution >= 0.6 is 0 Å². The summed E-state index contributed by atoms with van der Waals surface area (Å²) in [5.74, 6) is -0.773. The number of amides is 1. The lowest BCUT2D eigenvalue weighted by molar-refractivity contribution is -0.116. The summed E-state index contributed by atoms with van der Waals surface area (Å²) in [6.45, 7) is 3.70. The van der Waals surface area contributed by atoms with Crippen LogP contribution in [0.25, 0.3) is 5.69 Å². The molecule has 8 heteroatoms. The molecule has 1 aliphatic rings. The summed E-state index contributed by atoms with van der Waals surface area (Å²) >= 11 is 0. The Labute approximate surface area is 207 Å². The Kier molecular flexibility index (Phi) is 6.08. The van der Waals surface area contributed by atoms with E-state index in [-0.39, 0.29) is 18.0 Å². The number of carbonyl (C=O) groups excluding carboxylic acids is 2. The maximum Gasteiger partial charge on any atom is 0.360 e. The standard InChI is InChI=1S/C28H23N3O5/c1-3-35-28(34)26-21(16-24(32)31(30-26)18-14-12-17(2)13-15-18)29-27(33)25-19-8-4-6-10-22(19)36-23-11-7-5-9-20(23)25/h4-16,25H,3H2,1-2H3,(H,29,33). The Morgan fingerprint density at radius 3 is 2.19 bits per heavy atom. The molecule has 0 radical (unpaired) electrons. The highest BCUT2D eigenvalue weighted by Crippen LogP contribution is 2.44. The lowest BCUT2D eigenvalue weighted by Gasteiger charge is -2.27. The van der Waals surface area contributed by atoms with E-state index in [4.69, 9.17) is 9.47 Å². The SMILES string of the molecule is CCOC(=O)c1nn(-c2ccc(C)cc2)c(=O)cc1NC(=O)C1c2ccccc2Oc2ccccc21. The summed E-state index contributed by atoms with van der Waals surface area (Å²) in [6.07, 6.45) is 0. The molecule has 0 atom stereocenters. The highest BCUT2D eigenvalue weighted by molar-refractivity contribution is 6.04. The first-order valence-electron chi connectivity index (χ1n) is 11.5. The third-order valence-electron chi connectivity index (χ3n) is 5.88. The van der Waals surface area contributed by atoms with Crippen LogP contribution < -0.4 is 15.6 Å². The van der Waals surface area contributed by atoms with Crippen molar-refractivity contribution in [3.8, 4) is 17.2 Å². The van der Waals surface area contributed by atoms with Crippen molar-refractivity contribution in [2.24, 2.45) is 0 Å². The molecule has 4 aromatic rings. The number of hydrogen-bond donors (Lipinski definition) is 1. The number of ether oxygens (including phenoxy) is 2. The van der Waals surface area contributed by atoms with Gasteiger partial charge in [-0.2, -0.15) is 9.78 Å². The molecule has 1 aliphatic heterocycles. The van der Waals surface area contributed by atoms with E-state index >= 15 is 0 Å². The van der Waals surface area contributed by atoms with Crippen molar-refractivity contribution in [3.63, 3.8) is 0 Å². The van der Waals surface area contributed by atoms with E-state index in [0.717, 1.165) is 10.2 Å². The average molecular weight is 482 g/mol. The molecule has 1 N–H and O–H groups in total.